The lowest BCUT2D eigenvalue weighted by atomic mass is 9.76. The van der Waals surface area contributed by atoms with Crippen molar-refractivity contribution in [2.75, 3.05) is 0 Å². The van der Waals surface area contributed by atoms with E-state index in [1.165, 1.54) is 187 Å². The number of hydrogen-bond acceptors (Lipinski definition) is 3. The van der Waals surface area contributed by atoms with Crippen LogP contribution in [0.4, 0.5) is 0 Å². The van der Waals surface area contributed by atoms with Gasteiger partial charge in [0.1, 0.15) is 6.10 Å². The van der Waals surface area contributed by atoms with Gasteiger partial charge in [-0.25, -0.2) is 0 Å². The summed E-state index contributed by atoms with van der Waals surface area (Å²) in [6.07, 6.45) is 41.3. The second kappa shape index (κ2) is 22.9. The van der Waals surface area contributed by atoms with Crippen LogP contribution in [0, 0.1) is 5.92 Å². The summed E-state index contributed by atoms with van der Waals surface area (Å²) in [4.78, 5) is 10.5. The van der Waals surface area contributed by atoms with Crippen LogP contribution in [0.3, 0.4) is 0 Å². The van der Waals surface area contributed by atoms with Crippen molar-refractivity contribution in [2.45, 2.75) is 238 Å². The highest BCUT2D eigenvalue weighted by molar-refractivity contribution is 5.66. The van der Waals surface area contributed by atoms with Gasteiger partial charge in [-0.1, -0.05) is 149 Å². The fraction of sp³-hybridized carbons (Fsp3) is 0.974. The van der Waals surface area contributed by atoms with Gasteiger partial charge in [0, 0.05) is 6.92 Å². The topological polar surface area (TPSA) is 35.5 Å². The fourth-order valence-electron chi connectivity index (χ4n) is 8.23. The van der Waals surface area contributed by atoms with Crippen LogP contribution in [0.2, 0.25) is 0 Å². The van der Waals surface area contributed by atoms with Crippen molar-refractivity contribution in [1.82, 2.24) is 0 Å². The first kappa shape index (κ1) is 37.6. The van der Waals surface area contributed by atoms with E-state index in [-0.39, 0.29) is 23.3 Å². The summed E-state index contributed by atoms with van der Waals surface area (Å²) in [6.45, 7) is 8.42. The standard InChI is InChI=1S/C20H38O.C11H22.C8H14O2/c1-3-5-13-19(15-9-7-10-16-19)21-20(14-6-4-2)17-11-8-12-18-20;1-2-3-5-8-11-9-6-4-7-10-11;1-7(9)10-8-5-3-2-4-6-8/h3-18H2,1-2H3;11H,2-10H2,1H3;8H,2-6H2,1H3. The van der Waals surface area contributed by atoms with Crippen molar-refractivity contribution in [2.24, 2.45) is 5.92 Å². The fourth-order valence-corrected chi connectivity index (χ4v) is 8.23. The predicted octanol–water partition coefficient (Wildman–Crippen LogP) is 12.8. The third-order valence-electron chi connectivity index (χ3n) is 10.8. The molecule has 4 aliphatic carbocycles. The number of esters is 1. The van der Waals surface area contributed by atoms with Gasteiger partial charge in [0.15, 0.2) is 0 Å². The van der Waals surface area contributed by atoms with Gasteiger partial charge >= 0.3 is 5.97 Å². The molecule has 0 spiro atoms. The van der Waals surface area contributed by atoms with Crippen LogP contribution in [0.15, 0.2) is 0 Å². The van der Waals surface area contributed by atoms with Crippen molar-refractivity contribution in [3.8, 4) is 0 Å². The van der Waals surface area contributed by atoms with Crippen molar-refractivity contribution in [1.29, 1.82) is 0 Å². The van der Waals surface area contributed by atoms with Gasteiger partial charge in [0.2, 0.25) is 0 Å². The Morgan fingerprint density at radius 2 is 1.00 bits per heavy atom. The molecule has 3 nitrogen and oxygen atoms in total. The molecule has 0 aromatic carbocycles. The molecular weight excluding hydrogens is 516 g/mol. The number of rotatable bonds is 13. The Balaban J connectivity index is 0.000000246. The SMILES string of the molecule is CC(=O)OC1CCCCC1.CCCCC1(OC2(CCCC)CCCCC2)CCCCC1.CCCCCC1CCCCC1. The molecule has 0 unspecified atom stereocenters. The third-order valence-corrected chi connectivity index (χ3v) is 10.8. The molecule has 3 heteroatoms. The first-order valence-electron chi connectivity index (χ1n) is 19.3. The maximum absolute atomic E-state index is 10.5. The molecule has 0 N–H and O–H groups in total. The maximum Gasteiger partial charge on any atom is 0.302 e. The van der Waals surface area contributed by atoms with Crippen LogP contribution in [-0.2, 0) is 14.3 Å². The number of hydrogen-bond donors (Lipinski definition) is 0. The lowest BCUT2D eigenvalue weighted by Gasteiger charge is -2.48. The van der Waals surface area contributed by atoms with Gasteiger partial charge in [-0.3, -0.25) is 4.79 Å². The van der Waals surface area contributed by atoms with E-state index in [0.29, 0.717) is 0 Å². The number of unbranched alkanes of at least 4 members (excludes halogenated alkanes) is 4. The minimum Gasteiger partial charge on any atom is -0.463 e. The molecule has 0 aliphatic heterocycles. The van der Waals surface area contributed by atoms with Crippen LogP contribution < -0.4 is 0 Å². The summed E-state index contributed by atoms with van der Waals surface area (Å²) in [6, 6.07) is 0. The Hall–Kier alpha value is -0.570. The molecule has 4 saturated carbocycles. The van der Waals surface area contributed by atoms with Crippen LogP contribution >= 0.6 is 0 Å². The number of ether oxygens (including phenoxy) is 2. The van der Waals surface area contributed by atoms with E-state index in [1.54, 1.807) is 0 Å². The Labute approximate surface area is 263 Å². The smallest absolute Gasteiger partial charge is 0.302 e. The van der Waals surface area contributed by atoms with E-state index in [9.17, 15) is 4.79 Å². The average Bonchev–Trinajstić information content (AvgIpc) is 3.02. The predicted molar refractivity (Wildman–Crippen MR) is 181 cm³/mol. The van der Waals surface area contributed by atoms with E-state index in [2.05, 4.69) is 20.8 Å². The zero-order valence-corrected chi connectivity index (χ0v) is 29.1. The molecule has 0 atom stereocenters. The van der Waals surface area contributed by atoms with Crippen molar-refractivity contribution in [3.63, 3.8) is 0 Å². The monoisotopic (exact) mass is 591 g/mol. The van der Waals surface area contributed by atoms with Gasteiger partial charge in [0.05, 0.1) is 11.2 Å². The van der Waals surface area contributed by atoms with Gasteiger partial charge < -0.3 is 9.47 Å². The van der Waals surface area contributed by atoms with E-state index >= 15 is 0 Å². The van der Waals surface area contributed by atoms with Crippen LogP contribution in [0.1, 0.15) is 220 Å². The zero-order chi connectivity index (χ0) is 30.4. The Morgan fingerprint density at radius 1 is 0.571 bits per heavy atom. The highest BCUT2D eigenvalue weighted by Gasteiger charge is 2.42. The lowest BCUT2D eigenvalue weighted by Crippen LogP contribution is -2.47. The quantitative estimate of drug-likeness (QED) is 0.158. The molecule has 0 heterocycles. The molecule has 4 fully saturated rings. The largest absolute Gasteiger partial charge is 0.463 e. The van der Waals surface area contributed by atoms with Crippen molar-refractivity contribution >= 4 is 5.97 Å². The molecule has 4 aliphatic rings. The summed E-state index contributed by atoms with van der Waals surface area (Å²) in [5.41, 5.74) is 0.499. The summed E-state index contributed by atoms with van der Waals surface area (Å²) in [5, 5.41) is 0. The maximum atomic E-state index is 10.5. The van der Waals surface area contributed by atoms with E-state index in [1.807, 2.05) is 0 Å². The molecule has 0 aromatic heterocycles. The first-order valence-corrected chi connectivity index (χ1v) is 19.3. The Bertz CT molecular complexity index is 606. The van der Waals surface area contributed by atoms with E-state index < -0.39 is 0 Å². The second-order valence-corrected chi connectivity index (χ2v) is 14.7. The summed E-state index contributed by atoms with van der Waals surface area (Å²) in [5.74, 6) is 0.974. The molecule has 0 bridgehead atoms. The molecular formula is C39H74O3. The Morgan fingerprint density at radius 3 is 1.43 bits per heavy atom. The summed E-state index contributed by atoms with van der Waals surface area (Å²) < 4.78 is 12.2. The third kappa shape index (κ3) is 15.9. The minimum atomic E-state index is -0.132. The molecule has 42 heavy (non-hydrogen) atoms. The molecule has 4 rings (SSSR count). The summed E-state index contributed by atoms with van der Waals surface area (Å²) in [7, 11) is 0. The van der Waals surface area contributed by atoms with Crippen LogP contribution in [-0.4, -0.2) is 23.3 Å². The van der Waals surface area contributed by atoms with Gasteiger partial charge in [-0.2, -0.15) is 0 Å². The normalized spacial score (nSPS) is 22.7. The first-order chi connectivity index (χ1) is 20.5. The number of carbonyl (C=O) groups is 1. The molecule has 0 amide bonds. The second-order valence-electron chi connectivity index (χ2n) is 14.7. The lowest BCUT2D eigenvalue weighted by molar-refractivity contribution is -0.192. The molecule has 0 saturated heterocycles. The van der Waals surface area contributed by atoms with Gasteiger partial charge in [-0.05, 0) is 70.1 Å². The molecule has 0 radical (unpaired) electrons. The minimum absolute atomic E-state index is 0.132. The van der Waals surface area contributed by atoms with Crippen molar-refractivity contribution < 1.29 is 14.3 Å². The molecule has 248 valence electrons. The van der Waals surface area contributed by atoms with Gasteiger partial charge in [0.25, 0.3) is 0 Å². The molecule has 0 aromatic rings. The van der Waals surface area contributed by atoms with E-state index in [4.69, 9.17) is 9.47 Å². The van der Waals surface area contributed by atoms with Gasteiger partial charge in [-0.15, -0.1) is 0 Å². The highest BCUT2D eigenvalue weighted by Crippen LogP contribution is 2.45. The Kier molecular flexibility index (Phi) is 20.5. The number of carbonyl (C=O) groups excluding carboxylic acids is 1. The van der Waals surface area contributed by atoms with Crippen LogP contribution in [0.25, 0.3) is 0 Å². The zero-order valence-electron chi connectivity index (χ0n) is 29.1. The van der Waals surface area contributed by atoms with Crippen molar-refractivity contribution in [3.05, 3.63) is 0 Å². The highest BCUT2D eigenvalue weighted by atomic mass is 16.5. The van der Waals surface area contributed by atoms with E-state index in [0.717, 1.165) is 18.8 Å². The van der Waals surface area contributed by atoms with Crippen LogP contribution in [0.5, 0.6) is 0 Å². The average molecular weight is 591 g/mol. The summed E-state index contributed by atoms with van der Waals surface area (Å²) >= 11 is 0.